The molecule has 70 heavy (non-hydrogen) atoms. The number of carbonyl (C=O) groups is 7. The van der Waals surface area contributed by atoms with Gasteiger partial charge in [-0.3, -0.25) is 39.0 Å². The second-order valence-electron chi connectivity index (χ2n) is 16.8. The summed E-state index contributed by atoms with van der Waals surface area (Å²) in [4.78, 5) is 94.6. The third-order valence-corrected chi connectivity index (χ3v) is 12.4. The number of methoxy groups -OCH3 is 5. The van der Waals surface area contributed by atoms with E-state index in [9.17, 15) is 33.6 Å². The lowest BCUT2D eigenvalue weighted by molar-refractivity contribution is -0.162. The van der Waals surface area contributed by atoms with Gasteiger partial charge in [0, 0.05) is 31.7 Å². The van der Waals surface area contributed by atoms with Gasteiger partial charge in [-0.2, -0.15) is 0 Å². The number of hydrogen-bond acceptors (Lipinski definition) is 15. The molecule has 1 unspecified atom stereocenters. The van der Waals surface area contributed by atoms with Crippen LogP contribution in [-0.2, 0) is 41.6 Å². The van der Waals surface area contributed by atoms with Gasteiger partial charge in [-0.05, 0) is 104 Å². The summed E-state index contributed by atoms with van der Waals surface area (Å²) < 4.78 is 39.6. The number of nitrogens with one attached hydrogen (secondary N) is 3. The van der Waals surface area contributed by atoms with Crippen molar-refractivity contribution >= 4 is 47.1 Å². The van der Waals surface area contributed by atoms with Crippen molar-refractivity contribution in [2.45, 2.75) is 69.6 Å². The highest BCUT2D eigenvalue weighted by Gasteiger charge is 2.45. The number of aryl methyl sites for hydroxylation is 1. The molecular formula is C51H57N5O14. The Kier molecular flexibility index (Phi) is 16.4. The highest BCUT2D eigenvalue weighted by Crippen LogP contribution is 2.39. The van der Waals surface area contributed by atoms with Gasteiger partial charge in [0.1, 0.15) is 23.9 Å². The Morgan fingerprint density at radius 1 is 0.757 bits per heavy atom. The van der Waals surface area contributed by atoms with Gasteiger partial charge in [-0.15, -0.1) is 0 Å². The van der Waals surface area contributed by atoms with Crippen LogP contribution in [0.2, 0.25) is 0 Å². The van der Waals surface area contributed by atoms with Crippen molar-refractivity contribution in [1.82, 2.24) is 20.4 Å². The zero-order chi connectivity index (χ0) is 49.9. The first-order valence-corrected chi connectivity index (χ1v) is 23.0. The van der Waals surface area contributed by atoms with Gasteiger partial charge in [-0.25, -0.2) is 4.79 Å². The minimum Gasteiger partial charge on any atom is -0.493 e. The highest BCUT2D eigenvalue weighted by atomic mass is 16.5. The standard InChI is InChI=1S/C51H57N5O14/c1-64-39-19-16-30(24-40(39)65-2)15-18-38(70-51(63)37-14-6-7-23-55(37)45(59)27-31-25-41(66-3)47(68-5)42(26-31)67-4)32-10-8-11-33(28-32)69-29-44(58)53-22-21-52-35-13-9-12-34-46(35)50(62)56(49(34)61)36-17-20-43(57)54-48(36)60/h8-13,16,19,24-26,28,36-38,52H,6-7,14-15,17-18,20-23,27,29H2,1-5H3,(H,53,58)(H,54,57,60)/t36?,37-,38+/m0/s1. The average Bonchev–Trinajstić information content (AvgIpc) is 3.63. The first-order valence-electron chi connectivity index (χ1n) is 23.0. The number of imide groups is 2. The molecule has 3 aliphatic rings. The predicted molar refractivity (Wildman–Crippen MR) is 252 cm³/mol. The van der Waals surface area contributed by atoms with E-state index in [-0.39, 0.29) is 56.0 Å². The zero-order valence-corrected chi connectivity index (χ0v) is 39.8. The van der Waals surface area contributed by atoms with Crippen LogP contribution in [0.15, 0.2) is 72.8 Å². The molecule has 3 N–H and O–H groups in total. The van der Waals surface area contributed by atoms with Crippen molar-refractivity contribution < 1.29 is 66.7 Å². The third kappa shape index (κ3) is 11.4. The van der Waals surface area contributed by atoms with Gasteiger partial charge in [0.05, 0.1) is 53.1 Å². The summed E-state index contributed by atoms with van der Waals surface area (Å²) in [5.74, 6) is -0.980. The maximum atomic E-state index is 14.3. The van der Waals surface area contributed by atoms with E-state index >= 15 is 0 Å². The molecule has 2 saturated heterocycles. The summed E-state index contributed by atoms with van der Waals surface area (Å²) in [6.45, 7) is 0.335. The maximum Gasteiger partial charge on any atom is 0.329 e. The van der Waals surface area contributed by atoms with Crippen molar-refractivity contribution in [2.24, 2.45) is 0 Å². The lowest BCUT2D eigenvalue weighted by atomic mass is 9.99. The van der Waals surface area contributed by atoms with E-state index in [1.807, 2.05) is 18.2 Å². The zero-order valence-electron chi connectivity index (χ0n) is 39.8. The molecule has 2 fully saturated rings. The molecule has 0 saturated carbocycles. The molecular weight excluding hydrogens is 907 g/mol. The summed E-state index contributed by atoms with van der Waals surface area (Å²) in [5, 5.41) is 8.05. The van der Waals surface area contributed by atoms with Gasteiger partial charge in [-0.1, -0.05) is 24.3 Å². The molecule has 0 aliphatic carbocycles. The van der Waals surface area contributed by atoms with Crippen LogP contribution >= 0.6 is 0 Å². The number of esters is 1. The van der Waals surface area contributed by atoms with E-state index < -0.39 is 53.7 Å². The SMILES string of the molecule is COc1ccc(CC[C@@H](OC(=O)[C@@H]2CCCCN2C(=O)Cc2cc(OC)c(OC)c(OC)c2)c2cccc(OCC(=O)NCCNc3cccc4c3C(=O)N(C3CCC(=O)NC3=O)C4=O)c2)cc1OC. The van der Waals surface area contributed by atoms with Gasteiger partial charge in [0.15, 0.2) is 29.6 Å². The molecule has 4 aromatic carbocycles. The Bertz CT molecular complexity index is 2610. The number of piperidine rings is 2. The number of nitrogens with zero attached hydrogens (tertiary/aromatic N) is 2. The summed E-state index contributed by atoms with van der Waals surface area (Å²) in [6, 6.07) is 18.7. The van der Waals surface area contributed by atoms with Gasteiger partial charge in [0.25, 0.3) is 17.7 Å². The number of benzene rings is 4. The Balaban J connectivity index is 0.992. The molecule has 3 atom stereocenters. The van der Waals surface area contributed by atoms with Crippen LogP contribution in [0, 0.1) is 0 Å². The number of anilines is 1. The highest BCUT2D eigenvalue weighted by molar-refractivity contribution is 6.25. The van der Waals surface area contributed by atoms with Crippen molar-refractivity contribution in [1.29, 1.82) is 0 Å². The van der Waals surface area contributed by atoms with Crippen LogP contribution in [0.5, 0.6) is 34.5 Å². The average molecular weight is 964 g/mol. The number of fused-ring (bicyclic) bond motifs is 1. The van der Waals surface area contributed by atoms with Gasteiger partial charge < -0.3 is 48.7 Å². The van der Waals surface area contributed by atoms with E-state index in [1.54, 1.807) is 67.7 Å². The molecule has 19 heteroatoms. The van der Waals surface area contributed by atoms with Crippen molar-refractivity contribution in [3.8, 4) is 34.5 Å². The van der Waals surface area contributed by atoms with Crippen LogP contribution in [0.1, 0.15) is 82.0 Å². The third-order valence-electron chi connectivity index (χ3n) is 12.4. The summed E-state index contributed by atoms with van der Waals surface area (Å²) in [5.41, 5.74) is 2.74. The Labute approximate surface area is 405 Å². The molecule has 0 radical (unpaired) electrons. The number of hydrogen-bond donors (Lipinski definition) is 3. The molecule has 4 aromatic rings. The predicted octanol–water partition coefficient (Wildman–Crippen LogP) is 4.58. The fourth-order valence-corrected chi connectivity index (χ4v) is 8.90. The fourth-order valence-electron chi connectivity index (χ4n) is 8.90. The smallest absolute Gasteiger partial charge is 0.329 e. The molecule has 6 amide bonds. The number of amides is 6. The Morgan fingerprint density at radius 3 is 2.20 bits per heavy atom. The number of carbonyl (C=O) groups excluding carboxylic acids is 7. The topological polar surface area (TPSA) is 227 Å². The summed E-state index contributed by atoms with van der Waals surface area (Å²) in [7, 11) is 7.61. The lowest BCUT2D eigenvalue weighted by Crippen LogP contribution is -2.54. The van der Waals surface area contributed by atoms with Crippen molar-refractivity contribution in [2.75, 3.05) is 67.1 Å². The first-order chi connectivity index (χ1) is 33.9. The lowest BCUT2D eigenvalue weighted by Gasteiger charge is -2.35. The Hall–Kier alpha value is -7.83. The summed E-state index contributed by atoms with van der Waals surface area (Å²) in [6.07, 6.45) is 1.95. The Morgan fingerprint density at radius 2 is 1.49 bits per heavy atom. The second kappa shape index (κ2) is 23.0. The van der Waals surface area contributed by atoms with E-state index in [4.69, 9.17) is 33.2 Å². The van der Waals surface area contributed by atoms with Gasteiger partial charge in [0.2, 0.25) is 23.5 Å². The van der Waals surface area contributed by atoms with E-state index in [0.29, 0.717) is 77.1 Å². The molecule has 19 nitrogen and oxygen atoms in total. The molecule has 0 aromatic heterocycles. The molecule has 0 spiro atoms. The minimum absolute atomic E-state index is 0.00701. The minimum atomic E-state index is -1.10. The van der Waals surface area contributed by atoms with Crippen LogP contribution in [0.25, 0.3) is 0 Å². The molecule has 3 heterocycles. The molecule has 3 aliphatic heterocycles. The van der Waals surface area contributed by atoms with Crippen LogP contribution < -0.4 is 44.4 Å². The normalized spacial score (nSPS) is 16.9. The number of likely N-dealkylation sites (tertiary alicyclic amines) is 1. The monoisotopic (exact) mass is 963 g/mol. The largest absolute Gasteiger partial charge is 0.493 e. The van der Waals surface area contributed by atoms with Crippen LogP contribution in [0.4, 0.5) is 5.69 Å². The van der Waals surface area contributed by atoms with Crippen LogP contribution in [0.3, 0.4) is 0 Å². The number of ether oxygens (including phenoxy) is 7. The fraction of sp³-hybridized carbons (Fsp3) is 0.392. The van der Waals surface area contributed by atoms with Gasteiger partial charge >= 0.3 is 5.97 Å². The molecule has 370 valence electrons. The van der Waals surface area contributed by atoms with E-state index in [0.717, 1.165) is 23.3 Å². The van der Waals surface area contributed by atoms with Crippen LogP contribution in [-0.4, -0.2) is 125 Å². The first kappa shape index (κ1) is 50.1. The van der Waals surface area contributed by atoms with Crippen molar-refractivity contribution in [3.63, 3.8) is 0 Å². The number of rotatable bonds is 21. The van der Waals surface area contributed by atoms with E-state index in [1.165, 1.54) is 27.4 Å². The molecule has 7 rings (SSSR count). The van der Waals surface area contributed by atoms with Crippen molar-refractivity contribution in [3.05, 3.63) is 101 Å². The molecule has 0 bridgehead atoms. The quantitative estimate of drug-likeness (QED) is 0.0590. The van der Waals surface area contributed by atoms with E-state index in [2.05, 4.69) is 16.0 Å². The second-order valence-corrected chi connectivity index (χ2v) is 16.8. The maximum absolute atomic E-state index is 14.3. The summed E-state index contributed by atoms with van der Waals surface area (Å²) >= 11 is 0.